The maximum Gasteiger partial charge on any atom is 0.204 e. The number of benzene rings is 1. The SMILES string of the molecule is Cc1nc(CSc2ccc(CO)cc2)oc1C. The summed E-state index contributed by atoms with van der Waals surface area (Å²) in [5.74, 6) is 2.38. The van der Waals surface area contributed by atoms with Gasteiger partial charge in [-0.2, -0.15) is 0 Å². The van der Waals surface area contributed by atoms with Crippen LogP contribution in [-0.4, -0.2) is 10.1 Å². The van der Waals surface area contributed by atoms with Crippen molar-refractivity contribution in [1.29, 1.82) is 0 Å². The van der Waals surface area contributed by atoms with E-state index < -0.39 is 0 Å². The predicted molar refractivity (Wildman–Crippen MR) is 67.9 cm³/mol. The zero-order chi connectivity index (χ0) is 12.3. The van der Waals surface area contributed by atoms with E-state index in [-0.39, 0.29) is 6.61 Å². The Bertz CT molecular complexity index is 471. The molecule has 90 valence electrons. The molecule has 1 N–H and O–H groups in total. The number of oxazole rings is 1. The average molecular weight is 249 g/mol. The first kappa shape index (κ1) is 12.2. The Hall–Kier alpha value is -1.26. The molecule has 1 aromatic carbocycles. The maximum absolute atomic E-state index is 8.94. The van der Waals surface area contributed by atoms with Crippen LogP contribution in [0.2, 0.25) is 0 Å². The summed E-state index contributed by atoms with van der Waals surface area (Å²) in [4.78, 5) is 5.48. The molecular weight excluding hydrogens is 234 g/mol. The fraction of sp³-hybridized carbons (Fsp3) is 0.308. The summed E-state index contributed by atoms with van der Waals surface area (Å²) < 4.78 is 5.51. The highest BCUT2D eigenvalue weighted by molar-refractivity contribution is 7.98. The number of thioether (sulfide) groups is 1. The van der Waals surface area contributed by atoms with Crippen molar-refractivity contribution in [2.24, 2.45) is 0 Å². The van der Waals surface area contributed by atoms with Crippen LogP contribution < -0.4 is 0 Å². The van der Waals surface area contributed by atoms with E-state index in [0.29, 0.717) is 0 Å². The van der Waals surface area contributed by atoms with Gasteiger partial charge >= 0.3 is 0 Å². The fourth-order valence-electron chi connectivity index (χ4n) is 1.44. The zero-order valence-electron chi connectivity index (χ0n) is 9.93. The standard InChI is InChI=1S/C13H15NO2S/c1-9-10(2)16-13(14-9)8-17-12-5-3-11(7-15)4-6-12/h3-6,15H,7-8H2,1-2H3. The normalized spacial score (nSPS) is 10.8. The van der Waals surface area contributed by atoms with Crippen LogP contribution in [0.4, 0.5) is 0 Å². The van der Waals surface area contributed by atoms with E-state index in [1.54, 1.807) is 11.8 Å². The van der Waals surface area contributed by atoms with Crippen LogP contribution in [0.5, 0.6) is 0 Å². The van der Waals surface area contributed by atoms with Gasteiger partial charge in [-0.05, 0) is 31.5 Å². The van der Waals surface area contributed by atoms with Crippen LogP contribution in [0.1, 0.15) is 22.9 Å². The molecule has 0 atom stereocenters. The summed E-state index contributed by atoms with van der Waals surface area (Å²) in [6.45, 7) is 3.96. The van der Waals surface area contributed by atoms with Gasteiger partial charge in [-0.15, -0.1) is 11.8 Å². The Morgan fingerprint density at radius 1 is 1.24 bits per heavy atom. The zero-order valence-corrected chi connectivity index (χ0v) is 10.8. The van der Waals surface area contributed by atoms with Crippen molar-refractivity contribution >= 4 is 11.8 Å². The molecule has 4 heteroatoms. The number of aliphatic hydroxyl groups excluding tert-OH is 1. The molecule has 0 fully saturated rings. The first-order valence-corrected chi connectivity index (χ1v) is 6.43. The Morgan fingerprint density at radius 3 is 2.47 bits per heavy atom. The highest BCUT2D eigenvalue weighted by atomic mass is 32.2. The molecule has 17 heavy (non-hydrogen) atoms. The molecule has 0 saturated carbocycles. The summed E-state index contributed by atoms with van der Waals surface area (Å²) in [6.07, 6.45) is 0. The van der Waals surface area contributed by atoms with Gasteiger partial charge in [0.05, 0.1) is 18.1 Å². The summed E-state index contributed by atoms with van der Waals surface area (Å²) in [5.41, 5.74) is 1.88. The predicted octanol–water partition coefficient (Wildman–Crippen LogP) is 3.08. The number of nitrogens with zero attached hydrogens (tertiary/aromatic N) is 1. The van der Waals surface area contributed by atoms with Gasteiger partial charge in [0.1, 0.15) is 5.76 Å². The van der Waals surface area contributed by atoms with Crippen molar-refractivity contribution in [3.05, 3.63) is 47.2 Å². The molecule has 0 aliphatic rings. The lowest BCUT2D eigenvalue weighted by molar-refractivity contribution is 0.282. The van der Waals surface area contributed by atoms with Gasteiger partial charge in [0.15, 0.2) is 0 Å². The van der Waals surface area contributed by atoms with E-state index in [2.05, 4.69) is 4.98 Å². The Labute approximate surface area is 105 Å². The van der Waals surface area contributed by atoms with Crippen LogP contribution in [0.3, 0.4) is 0 Å². The van der Waals surface area contributed by atoms with E-state index >= 15 is 0 Å². The van der Waals surface area contributed by atoms with E-state index in [1.807, 2.05) is 38.1 Å². The summed E-state index contributed by atoms with van der Waals surface area (Å²) >= 11 is 1.68. The number of rotatable bonds is 4. The van der Waals surface area contributed by atoms with Crippen molar-refractivity contribution in [3.63, 3.8) is 0 Å². The minimum atomic E-state index is 0.0864. The molecule has 0 saturated heterocycles. The van der Waals surface area contributed by atoms with Gasteiger partial charge in [0.25, 0.3) is 0 Å². The molecule has 3 nitrogen and oxygen atoms in total. The Morgan fingerprint density at radius 2 is 1.94 bits per heavy atom. The van der Waals surface area contributed by atoms with E-state index in [4.69, 9.17) is 9.52 Å². The van der Waals surface area contributed by atoms with Crippen molar-refractivity contribution in [2.45, 2.75) is 31.1 Å². The van der Waals surface area contributed by atoms with E-state index in [9.17, 15) is 0 Å². The maximum atomic E-state index is 8.94. The lowest BCUT2D eigenvalue weighted by Gasteiger charge is -2.00. The first-order chi connectivity index (χ1) is 8.19. The minimum Gasteiger partial charge on any atom is -0.445 e. The monoisotopic (exact) mass is 249 g/mol. The molecule has 1 aromatic heterocycles. The summed E-state index contributed by atoms with van der Waals surface area (Å²) in [7, 11) is 0. The summed E-state index contributed by atoms with van der Waals surface area (Å²) in [5, 5.41) is 8.94. The molecule has 0 radical (unpaired) electrons. The van der Waals surface area contributed by atoms with Crippen molar-refractivity contribution in [1.82, 2.24) is 4.98 Å². The Balaban J connectivity index is 1.97. The second kappa shape index (κ2) is 5.38. The van der Waals surface area contributed by atoms with Crippen LogP contribution >= 0.6 is 11.8 Å². The number of aryl methyl sites for hydroxylation is 2. The molecule has 0 bridgehead atoms. The van der Waals surface area contributed by atoms with Gasteiger partial charge in [-0.25, -0.2) is 4.98 Å². The molecule has 0 spiro atoms. The third-order valence-corrected chi connectivity index (χ3v) is 3.54. The van der Waals surface area contributed by atoms with Gasteiger partial charge in [0.2, 0.25) is 5.89 Å². The molecule has 0 amide bonds. The molecule has 1 heterocycles. The van der Waals surface area contributed by atoms with Crippen molar-refractivity contribution in [3.8, 4) is 0 Å². The molecule has 0 unspecified atom stereocenters. The van der Waals surface area contributed by atoms with Gasteiger partial charge in [-0.3, -0.25) is 0 Å². The van der Waals surface area contributed by atoms with E-state index in [0.717, 1.165) is 33.6 Å². The quantitative estimate of drug-likeness (QED) is 0.846. The van der Waals surface area contributed by atoms with Gasteiger partial charge < -0.3 is 9.52 Å². The van der Waals surface area contributed by atoms with E-state index in [1.165, 1.54) is 0 Å². The molecule has 2 rings (SSSR count). The lowest BCUT2D eigenvalue weighted by Crippen LogP contribution is -1.83. The van der Waals surface area contributed by atoms with Gasteiger partial charge in [0, 0.05) is 4.90 Å². The first-order valence-electron chi connectivity index (χ1n) is 5.44. The van der Waals surface area contributed by atoms with Gasteiger partial charge in [-0.1, -0.05) is 12.1 Å². The summed E-state index contributed by atoms with van der Waals surface area (Å²) in [6, 6.07) is 7.85. The molecule has 0 aliphatic heterocycles. The van der Waals surface area contributed by atoms with Crippen molar-refractivity contribution in [2.75, 3.05) is 0 Å². The Kier molecular flexibility index (Phi) is 3.86. The third-order valence-electron chi connectivity index (χ3n) is 2.54. The number of aromatic nitrogens is 1. The third kappa shape index (κ3) is 3.11. The van der Waals surface area contributed by atoms with Crippen molar-refractivity contribution < 1.29 is 9.52 Å². The highest BCUT2D eigenvalue weighted by Gasteiger charge is 2.05. The fourth-order valence-corrected chi connectivity index (χ4v) is 2.18. The smallest absolute Gasteiger partial charge is 0.204 e. The number of aliphatic hydroxyl groups is 1. The largest absolute Gasteiger partial charge is 0.445 e. The second-order valence-electron chi connectivity index (χ2n) is 3.84. The molecular formula is C13H15NO2S. The highest BCUT2D eigenvalue weighted by Crippen LogP contribution is 2.23. The van der Waals surface area contributed by atoms with Crippen LogP contribution in [-0.2, 0) is 12.4 Å². The molecule has 0 aliphatic carbocycles. The topological polar surface area (TPSA) is 46.3 Å². The van der Waals surface area contributed by atoms with Crippen LogP contribution in [0.15, 0.2) is 33.6 Å². The van der Waals surface area contributed by atoms with Crippen LogP contribution in [0, 0.1) is 13.8 Å². The number of hydrogen-bond donors (Lipinski definition) is 1. The van der Waals surface area contributed by atoms with Crippen LogP contribution in [0.25, 0.3) is 0 Å². The second-order valence-corrected chi connectivity index (χ2v) is 4.89. The molecule has 2 aromatic rings. The average Bonchev–Trinajstić information content (AvgIpc) is 2.67. The lowest BCUT2D eigenvalue weighted by atomic mass is 10.2. The minimum absolute atomic E-state index is 0.0864. The number of hydrogen-bond acceptors (Lipinski definition) is 4.